The molecule has 1 N–H and O–H groups in total. The molecular formula is C15H16N4O2S3. The summed E-state index contributed by atoms with van der Waals surface area (Å²) in [5.41, 5.74) is 1.40. The molecule has 2 heterocycles. The Kier molecular flexibility index (Phi) is 5.75. The van der Waals surface area contributed by atoms with E-state index in [9.17, 15) is 9.59 Å². The molecule has 1 aromatic carbocycles. The third-order valence-electron chi connectivity index (χ3n) is 3.21. The summed E-state index contributed by atoms with van der Waals surface area (Å²) in [7, 11) is 0. The van der Waals surface area contributed by atoms with Gasteiger partial charge in [-0.05, 0) is 18.6 Å². The van der Waals surface area contributed by atoms with E-state index in [1.807, 2.05) is 18.2 Å². The van der Waals surface area contributed by atoms with E-state index in [1.54, 1.807) is 17.8 Å². The normalized spacial score (nSPS) is 13.5. The Morgan fingerprint density at radius 1 is 1.29 bits per heavy atom. The van der Waals surface area contributed by atoms with Crippen LogP contribution in [0, 0.1) is 0 Å². The molecule has 0 fully saturated rings. The Bertz CT molecular complexity index is 750. The number of carbonyl (C=O) groups excluding carboxylic acids is 2. The van der Waals surface area contributed by atoms with Gasteiger partial charge in [-0.3, -0.25) is 9.59 Å². The second kappa shape index (κ2) is 8.00. The van der Waals surface area contributed by atoms with Crippen LogP contribution in [-0.2, 0) is 9.59 Å². The number of fused-ring (bicyclic) bond motifs is 1. The SMILES string of the molecule is CCCSc1nnc(SCC(=O)N2CC(=O)Nc3ccccc32)s1. The molecule has 0 saturated heterocycles. The van der Waals surface area contributed by atoms with E-state index in [2.05, 4.69) is 22.4 Å². The minimum atomic E-state index is -0.179. The fourth-order valence-electron chi connectivity index (χ4n) is 2.16. The summed E-state index contributed by atoms with van der Waals surface area (Å²) in [5, 5.41) is 11.0. The molecule has 2 amide bonds. The van der Waals surface area contributed by atoms with E-state index in [4.69, 9.17) is 0 Å². The maximum absolute atomic E-state index is 12.5. The standard InChI is InChI=1S/C15H16N4O2S3/c1-2-7-22-14-17-18-15(24-14)23-9-13(21)19-8-12(20)16-10-5-3-4-6-11(10)19/h3-6H,2,7-9H2,1H3,(H,16,20). The second-order valence-corrected chi connectivity index (χ2v) is 8.56. The molecular weight excluding hydrogens is 364 g/mol. The molecule has 0 saturated carbocycles. The van der Waals surface area contributed by atoms with Gasteiger partial charge in [-0.1, -0.05) is 53.9 Å². The quantitative estimate of drug-likeness (QED) is 0.776. The maximum atomic E-state index is 12.5. The molecule has 3 rings (SSSR count). The van der Waals surface area contributed by atoms with E-state index < -0.39 is 0 Å². The molecule has 0 unspecified atom stereocenters. The number of nitrogens with one attached hydrogen (secondary N) is 1. The first-order chi connectivity index (χ1) is 11.7. The number of carbonyl (C=O) groups is 2. The lowest BCUT2D eigenvalue weighted by atomic mass is 10.2. The predicted molar refractivity (Wildman–Crippen MR) is 99.1 cm³/mol. The van der Waals surface area contributed by atoms with E-state index in [1.165, 1.54) is 28.0 Å². The number of amides is 2. The van der Waals surface area contributed by atoms with Crippen molar-refractivity contribution >= 4 is 58.0 Å². The minimum absolute atomic E-state index is 0.0458. The van der Waals surface area contributed by atoms with Crippen LogP contribution in [0.15, 0.2) is 32.9 Å². The largest absolute Gasteiger partial charge is 0.323 e. The second-order valence-electron chi connectivity index (χ2n) is 5.02. The lowest BCUT2D eigenvalue weighted by Crippen LogP contribution is -2.43. The third-order valence-corrected chi connectivity index (χ3v) is 6.59. The highest BCUT2D eigenvalue weighted by Gasteiger charge is 2.26. The molecule has 0 bridgehead atoms. The molecule has 0 aliphatic carbocycles. The molecule has 1 aliphatic rings. The van der Waals surface area contributed by atoms with Crippen molar-refractivity contribution in [3.8, 4) is 0 Å². The van der Waals surface area contributed by atoms with Crippen molar-refractivity contribution in [2.45, 2.75) is 22.0 Å². The van der Waals surface area contributed by atoms with Gasteiger partial charge in [0, 0.05) is 5.75 Å². The molecule has 6 nitrogen and oxygen atoms in total. The highest BCUT2D eigenvalue weighted by atomic mass is 32.2. The summed E-state index contributed by atoms with van der Waals surface area (Å²) in [5.74, 6) is 0.952. The summed E-state index contributed by atoms with van der Waals surface area (Å²) in [6.07, 6.45) is 1.08. The minimum Gasteiger partial charge on any atom is -0.323 e. The van der Waals surface area contributed by atoms with Crippen molar-refractivity contribution in [1.29, 1.82) is 0 Å². The van der Waals surface area contributed by atoms with Crippen LogP contribution < -0.4 is 10.2 Å². The molecule has 126 valence electrons. The number of para-hydroxylation sites is 2. The molecule has 0 spiro atoms. The molecule has 24 heavy (non-hydrogen) atoms. The van der Waals surface area contributed by atoms with Crippen LogP contribution in [0.5, 0.6) is 0 Å². The zero-order valence-corrected chi connectivity index (χ0v) is 15.5. The van der Waals surface area contributed by atoms with Crippen molar-refractivity contribution in [1.82, 2.24) is 10.2 Å². The fourth-order valence-corrected chi connectivity index (χ4v) is 4.98. The molecule has 0 radical (unpaired) electrons. The summed E-state index contributed by atoms with van der Waals surface area (Å²) >= 11 is 4.54. The van der Waals surface area contributed by atoms with Gasteiger partial charge in [0.2, 0.25) is 11.8 Å². The summed E-state index contributed by atoms with van der Waals surface area (Å²) in [6, 6.07) is 7.31. The van der Waals surface area contributed by atoms with Gasteiger partial charge < -0.3 is 10.2 Å². The number of rotatable bonds is 6. The van der Waals surface area contributed by atoms with Crippen molar-refractivity contribution in [3.63, 3.8) is 0 Å². The number of nitrogens with zero attached hydrogens (tertiary/aromatic N) is 3. The third kappa shape index (κ3) is 4.08. The molecule has 2 aromatic rings. The first-order valence-electron chi connectivity index (χ1n) is 7.45. The van der Waals surface area contributed by atoms with Gasteiger partial charge in [0.1, 0.15) is 6.54 Å². The van der Waals surface area contributed by atoms with Gasteiger partial charge in [-0.25, -0.2) is 0 Å². The smallest absolute Gasteiger partial charge is 0.244 e. The molecule has 1 aromatic heterocycles. The highest BCUT2D eigenvalue weighted by molar-refractivity contribution is 8.03. The number of thioether (sulfide) groups is 2. The van der Waals surface area contributed by atoms with Crippen LogP contribution in [0.3, 0.4) is 0 Å². The van der Waals surface area contributed by atoms with E-state index in [0.717, 1.165) is 26.5 Å². The Morgan fingerprint density at radius 2 is 2.04 bits per heavy atom. The summed E-state index contributed by atoms with van der Waals surface area (Å²) in [4.78, 5) is 25.8. The Hall–Kier alpha value is -1.58. The van der Waals surface area contributed by atoms with Gasteiger partial charge in [-0.2, -0.15) is 0 Å². The summed E-state index contributed by atoms with van der Waals surface area (Å²) in [6.45, 7) is 2.17. The average Bonchev–Trinajstić information content (AvgIpc) is 3.05. The lowest BCUT2D eigenvalue weighted by Gasteiger charge is -2.28. The van der Waals surface area contributed by atoms with Crippen LogP contribution in [0.1, 0.15) is 13.3 Å². The molecule has 9 heteroatoms. The van der Waals surface area contributed by atoms with E-state index in [0.29, 0.717) is 5.69 Å². The topological polar surface area (TPSA) is 75.2 Å². The predicted octanol–water partition coefficient (Wildman–Crippen LogP) is 3.12. The van der Waals surface area contributed by atoms with Gasteiger partial charge in [0.25, 0.3) is 0 Å². The number of benzene rings is 1. The highest BCUT2D eigenvalue weighted by Crippen LogP contribution is 2.32. The van der Waals surface area contributed by atoms with Gasteiger partial charge in [0.05, 0.1) is 17.1 Å². The van der Waals surface area contributed by atoms with Crippen LogP contribution >= 0.6 is 34.9 Å². The summed E-state index contributed by atoms with van der Waals surface area (Å²) < 4.78 is 1.70. The van der Waals surface area contributed by atoms with Gasteiger partial charge in [0.15, 0.2) is 8.68 Å². The van der Waals surface area contributed by atoms with Gasteiger partial charge >= 0.3 is 0 Å². The molecule has 0 atom stereocenters. The monoisotopic (exact) mass is 380 g/mol. The van der Waals surface area contributed by atoms with Crippen molar-refractivity contribution in [2.24, 2.45) is 0 Å². The van der Waals surface area contributed by atoms with E-state index >= 15 is 0 Å². The fraction of sp³-hybridized carbons (Fsp3) is 0.333. The first-order valence-corrected chi connectivity index (χ1v) is 10.2. The van der Waals surface area contributed by atoms with Crippen LogP contribution in [0.4, 0.5) is 11.4 Å². The Balaban J connectivity index is 1.63. The van der Waals surface area contributed by atoms with Crippen LogP contribution in [0.25, 0.3) is 0 Å². The average molecular weight is 381 g/mol. The van der Waals surface area contributed by atoms with Gasteiger partial charge in [-0.15, -0.1) is 10.2 Å². The van der Waals surface area contributed by atoms with Crippen LogP contribution in [0.2, 0.25) is 0 Å². The van der Waals surface area contributed by atoms with Crippen molar-refractivity contribution in [2.75, 3.05) is 28.3 Å². The lowest BCUT2D eigenvalue weighted by molar-refractivity contribution is -0.120. The molecule has 1 aliphatic heterocycles. The van der Waals surface area contributed by atoms with Crippen molar-refractivity contribution in [3.05, 3.63) is 24.3 Å². The number of hydrogen-bond acceptors (Lipinski definition) is 7. The maximum Gasteiger partial charge on any atom is 0.244 e. The van der Waals surface area contributed by atoms with Crippen molar-refractivity contribution < 1.29 is 9.59 Å². The number of anilines is 2. The Morgan fingerprint density at radius 3 is 2.83 bits per heavy atom. The number of hydrogen-bond donors (Lipinski definition) is 1. The first kappa shape index (κ1) is 17.2. The Labute approximate surface area is 152 Å². The zero-order chi connectivity index (χ0) is 16.9. The zero-order valence-electron chi connectivity index (χ0n) is 13.0. The van der Waals surface area contributed by atoms with E-state index in [-0.39, 0.29) is 24.1 Å². The van der Waals surface area contributed by atoms with Crippen LogP contribution in [-0.4, -0.2) is 40.1 Å². The number of aromatic nitrogens is 2.